The summed E-state index contributed by atoms with van der Waals surface area (Å²) in [5.74, 6) is 1.19. The van der Waals surface area contributed by atoms with Gasteiger partial charge < -0.3 is 14.4 Å². The number of nitrogens with zero attached hydrogens (tertiary/aromatic N) is 1. The van der Waals surface area contributed by atoms with Crippen molar-refractivity contribution < 1.29 is 14.3 Å². The van der Waals surface area contributed by atoms with Gasteiger partial charge >= 0.3 is 0 Å². The van der Waals surface area contributed by atoms with E-state index in [4.69, 9.17) is 9.47 Å². The van der Waals surface area contributed by atoms with Crippen LogP contribution in [0.5, 0.6) is 5.75 Å². The third-order valence-electron chi connectivity index (χ3n) is 3.46. The van der Waals surface area contributed by atoms with Crippen LogP contribution in [0, 0.1) is 5.92 Å². The predicted molar refractivity (Wildman–Crippen MR) is 80.8 cm³/mol. The maximum atomic E-state index is 12.3. The van der Waals surface area contributed by atoms with E-state index in [-0.39, 0.29) is 5.91 Å². The van der Waals surface area contributed by atoms with Crippen LogP contribution in [0.15, 0.2) is 28.7 Å². The van der Waals surface area contributed by atoms with Crippen molar-refractivity contribution in [1.82, 2.24) is 4.90 Å². The van der Waals surface area contributed by atoms with Crippen molar-refractivity contribution in [2.45, 2.75) is 19.4 Å². The van der Waals surface area contributed by atoms with Gasteiger partial charge in [0.15, 0.2) is 6.10 Å². The van der Waals surface area contributed by atoms with E-state index in [1.54, 1.807) is 14.0 Å². The van der Waals surface area contributed by atoms with Crippen molar-refractivity contribution >= 4 is 21.8 Å². The van der Waals surface area contributed by atoms with Crippen molar-refractivity contribution in [1.29, 1.82) is 0 Å². The number of rotatable bonds is 5. The highest BCUT2D eigenvalue weighted by Crippen LogP contribution is 2.21. The monoisotopic (exact) mass is 341 g/mol. The third kappa shape index (κ3) is 3.96. The fourth-order valence-electron chi connectivity index (χ4n) is 2.46. The van der Waals surface area contributed by atoms with Gasteiger partial charge in [-0.1, -0.05) is 22.0 Å². The Labute approximate surface area is 128 Å². The number of hydrogen-bond donors (Lipinski definition) is 0. The summed E-state index contributed by atoms with van der Waals surface area (Å²) >= 11 is 3.39. The lowest BCUT2D eigenvalue weighted by molar-refractivity contribution is -0.137. The van der Waals surface area contributed by atoms with Crippen molar-refractivity contribution in [2.24, 2.45) is 5.92 Å². The fraction of sp³-hybridized carbons (Fsp3) is 0.533. The molecule has 4 nitrogen and oxygen atoms in total. The minimum Gasteiger partial charge on any atom is -0.481 e. The number of ether oxygens (including phenoxy) is 2. The zero-order chi connectivity index (χ0) is 14.5. The Hall–Kier alpha value is -1.07. The van der Waals surface area contributed by atoms with E-state index in [9.17, 15) is 4.79 Å². The molecule has 0 spiro atoms. The van der Waals surface area contributed by atoms with Gasteiger partial charge in [-0.3, -0.25) is 4.79 Å². The van der Waals surface area contributed by atoms with Crippen molar-refractivity contribution in [3.05, 3.63) is 28.7 Å². The number of amides is 1. The Balaban J connectivity index is 1.89. The molecular weight excluding hydrogens is 322 g/mol. The van der Waals surface area contributed by atoms with Crippen LogP contribution in [0.1, 0.15) is 13.3 Å². The molecule has 5 heteroatoms. The van der Waals surface area contributed by atoms with Gasteiger partial charge in [-0.15, -0.1) is 0 Å². The molecule has 1 aliphatic rings. The minimum absolute atomic E-state index is 0.0450. The Morgan fingerprint density at radius 3 is 3.05 bits per heavy atom. The average Bonchev–Trinajstić information content (AvgIpc) is 2.87. The topological polar surface area (TPSA) is 38.8 Å². The lowest BCUT2D eigenvalue weighted by Gasteiger charge is -2.22. The van der Waals surface area contributed by atoms with E-state index in [1.807, 2.05) is 29.2 Å². The fourth-order valence-corrected chi connectivity index (χ4v) is 2.83. The molecule has 1 aliphatic heterocycles. The minimum atomic E-state index is -0.467. The number of halogens is 1. The summed E-state index contributed by atoms with van der Waals surface area (Å²) in [7, 11) is 1.70. The van der Waals surface area contributed by atoms with Crippen LogP contribution < -0.4 is 4.74 Å². The molecule has 1 aromatic rings. The number of carbonyl (C=O) groups excluding carboxylic acids is 1. The number of hydrogen-bond acceptors (Lipinski definition) is 3. The molecule has 0 aromatic heterocycles. The summed E-state index contributed by atoms with van der Waals surface area (Å²) in [6.07, 6.45) is 0.536. The molecule has 2 rings (SSSR count). The van der Waals surface area contributed by atoms with Crippen LogP contribution in [0.4, 0.5) is 0 Å². The standard InChI is InChI=1S/C15H20BrNO3/c1-11(20-14-5-3-4-13(16)8-14)15(18)17-7-6-12(9-17)10-19-2/h3-5,8,11-12H,6-7,9-10H2,1-2H3/t11-,12+/m1/s1. The summed E-state index contributed by atoms with van der Waals surface area (Å²) in [4.78, 5) is 14.2. The van der Waals surface area contributed by atoms with Gasteiger partial charge in [-0.2, -0.15) is 0 Å². The van der Waals surface area contributed by atoms with E-state index in [0.29, 0.717) is 18.3 Å². The van der Waals surface area contributed by atoms with Crippen molar-refractivity contribution in [3.8, 4) is 5.75 Å². The Morgan fingerprint density at radius 1 is 1.55 bits per heavy atom. The zero-order valence-electron chi connectivity index (χ0n) is 11.8. The van der Waals surface area contributed by atoms with Gasteiger partial charge in [0.25, 0.3) is 5.91 Å². The number of carbonyl (C=O) groups is 1. The molecule has 0 bridgehead atoms. The smallest absolute Gasteiger partial charge is 0.263 e. The molecule has 1 amide bonds. The SMILES string of the molecule is COC[C@H]1CCN(C(=O)[C@@H](C)Oc2cccc(Br)c2)C1. The molecule has 0 N–H and O–H groups in total. The van der Waals surface area contributed by atoms with Gasteiger partial charge in [0.05, 0.1) is 6.61 Å². The van der Waals surface area contributed by atoms with Crippen LogP contribution in [0.25, 0.3) is 0 Å². The number of methoxy groups -OCH3 is 1. The summed E-state index contributed by atoms with van der Waals surface area (Å²) in [6, 6.07) is 7.53. The predicted octanol–water partition coefficient (Wildman–Crippen LogP) is 2.71. The molecule has 1 saturated heterocycles. The molecule has 0 saturated carbocycles. The Bertz CT molecular complexity index is 466. The molecule has 0 radical (unpaired) electrons. The molecule has 0 unspecified atom stereocenters. The van der Waals surface area contributed by atoms with Crippen LogP contribution in [-0.4, -0.2) is 43.7 Å². The van der Waals surface area contributed by atoms with E-state index in [2.05, 4.69) is 15.9 Å². The quantitative estimate of drug-likeness (QED) is 0.826. The number of benzene rings is 1. The maximum absolute atomic E-state index is 12.3. The Kier molecular flexibility index (Phi) is 5.43. The molecule has 20 heavy (non-hydrogen) atoms. The van der Waals surface area contributed by atoms with Gasteiger partial charge in [0, 0.05) is 30.6 Å². The second-order valence-electron chi connectivity index (χ2n) is 5.11. The van der Waals surface area contributed by atoms with E-state index in [0.717, 1.165) is 24.0 Å². The maximum Gasteiger partial charge on any atom is 0.263 e. The van der Waals surface area contributed by atoms with Crippen molar-refractivity contribution in [3.63, 3.8) is 0 Å². The van der Waals surface area contributed by atoms with Crippen LogP contribution in [0.3, 0.4) is 0 Å². The summed E-state index contributed by atoms with van der Waals surface area (Å²) < 4.78 is 11.8. The zero-order valence-corrected chi connectivity index (χ0v) is 13.4. The highest BCUT2D eigenvalue weighted by Gasteiger charge is 2.29. The largest absolute Gasteiger partial charge is 0.481 e. The Morgan fingerprint density at radius 2 is 2.35 bits per heavy atom. The van der Waals surface area contributed by atoms with Gasteiger partial charge in [0.1, 0.15) is 5.75 Å². The first-order chi connectivity index (χ1) is 9.60. The molecule has 0 aliphatic carbocycles. The molecular formula is C15H20BrNO3. The summed E-state index contributed by atoms with van der Waals surface area (Å²) in [6.45, 7) is 4.06. The van der Waals surface area contributed by atoms with Gasteiger partial charge in [-0.05, 0) is 31.5 Å². The molecule has 2 atom stereocenters. The van der Waals surface area contributed by atoms with Gasteiger partial charge in [-0.25, -0.2) is 0 Å². The highest BCUT2D eigenvalue weighted by atomic mass is 79.9. The highest BCUT2D eigenvalue weighted by molar-refractivity contribution is 9.10. The van der Waals surface area contributed by atoms with Crippen LogP contribution in [-0.2, 0) is 9.53 Å². The lowest BCUT2D eigenvalue weighted by Crippen LogP contribution is -2.39. The first-order valence-electron chi connectivity index (χ1n) is 6.80. The van der Waals surface area contributed by atoms with Crippen LogP contribution >= 0.6 is 15.9 Å². The third-order valence-corrected chi connectivity index (χ3v) is 3.95. The second kappa shape index (κ2) is 7.09. The molecule has 110 valence electrons. The van der Waals surface area contributed by atoms with Crippen molar-refractivity contribution in [2.75, 3.05) is 26.8 Å². The van der Waals surface area contributed by atoms with Gasteiger partial charge in [0.2, 0.25) is 0 Å². The number of likely N-dealkylation sites (tertiary alicyclic amines) is 1. The van der Waals surface area contributed by atoms with E-state index in [1.165, 1.54) is 0 Å². The summed E-state index contributed by atoms with van der Waals surface area (Å²) in [5, 5.41) is 0. The first kappa shape index (κ1) is 15.3. The lowest BCUT2D eigenvalue weighted by atomic mass is 10.1. The van der Waals surface area contributed by atoms with Crippen LogP contribution in [0.2, 0.25) is 0 Å². The molecule has 1 fully saturated rings. The summed E-state index contributed by atoms with van der Waals surface area (Å²) in [5.41, 5.74) is 0. The first-order valence-corrected chi connectivity index (χ1v) is 7.59. The average molecular weight is 342 g/mol. The molecule has 1 aromatic carbocycles. The van der Waals surface area contributed by atoms with E-state index < -0.39 is 6.10 Å². The second-order valence-corrected chi connectivity index (χ2v) is 6.03. The van der Waals surface area contributed by atoms with E-state index >= 15 is 0 Å². The normalized spacial score (nSPS) is 19.9. The molecule has 1 heterocycles.